The molecule has 1 aliphatic heterocycles. The molecule has 0 aliphatic carbocycles. The van der Waals surface area contributed by atoms with E-state index in [0.717, 1.165) is 38.6 Å². The van der Waals surface area contributed by atoms with Gasteiger partial charge in [0.25, 0.3) is 0 Å². The minimum absolute atomic E-state index is 0.638. The minimum Gasteiger partial charge on any atom is -0.378 e. The Balaban J connectivity index is 2.27. The topological polar surface area (TPSA) is 38.5 Å². The third kappa shape index (κ3) is 4.49. The van der Waals surface area contributed by atoms with E-state index < -0.39 is 0 Å². The van der Waals surface area contributed by atoms with E-state index in [1.165, 1.54) is 19.4 Å². The van der Waals surface area contributed by atoms with Crippen LogP contribution in [0.5, 0.6) is 0 Å². The van der Waals surface area contributed by atoms with Crippen LogP contribution in [0.3, 0.4) is 0 Å². The zero-order valence-electron chi connectivity index (χ0n) is 10.2. The van der Waals surface area contributed by atoms with Gasteiger partial charge in [0.2, 0.25) is 0 Å². The van der Waals surface area contributed by atoms with E-state index in [1.54, 1.807) is 0 Å². The summed E-state index contributed by atoms with van der Waals surface area (Å²) in [6.45, 7) is 9.53. The average molecular weight is 214 g/mol. The maximum Gasteiger partial charge on any atom is 0.0622 e. The highest BCUT2D eigenvalue weighted by Gasteiger charge is 2.22. The second-order valence-corrected chi connectivity index (χ2v) is 4.67. The summed E-state index contributed by atoms with van der Waals surface area (Å²) < 4.78 is 5.50. The fourth-order valence-electron chi connectivity index (χ4n) is 2.26. The Labute approximate surface area is 94.0 Å². The molecule has 2 atom stereocenters. The van der Waals surface area contributed by atoms with Crippen molar-refractivity contribution in [2.24, 2.45) is 11.7 Å². The van der Waals surface area contributed by atoms with Crippen molar-refractivity contribution in [3.05, 3.63) is 0 Å². The Morgan fingerprint density at radius 2 is 2.33 bits per heavy atom. The van der Waals surface area contributed by atoms with E-state index in [2.05, 4.69) is 18.7 Å². The van der Waals surface area contributed by atoms with Gasteiger partial charge in [-0.15, -0.1) is 0 Å². The van der Waals surface area contributed by atoms with Crippen LogP contribution in [0, 0.1) is 5.92 Å². The lowest BCUT2D eigenvalue weighted by atomic mass is 10.0. The van der Waals surface area contributed by atoms with Gasteiger partial charge in [0.1, 0.15) is 0 Å². The molecule has 1 saturated heterocycles. The largest absolute Gasteiger partial charge is 0.378 e. The summed E-state index contributed by atoms with van der Waals surface area (Å²) in [6, 6.07) is 0.638. The van der Waals surface area contributed by atoms with Crippen LogP contribution in [0.2, 0.25) is 0 Å². The molecular formula is C12H26N2O. The normalized spacial score (nSPS) is 25.4. The van der Waals surface area contributed by atoms with E-state index in [9.17, 15) is 0 Å². The molecule has 0 aromatic rings. The molecule has 0 spiro atoms. The molecule has 2 unspecified atom stereocenters. The molecule has 1 aliphatic rings. The highest BCUT2D eigenvalue weighted by Crippen LogP contribution is 2.14. The van der Waals surface area contributed by atoms with Crippen LogP contribution < -0.4 is 5.73 Å². The van der Waals surface area contributed by atoms with Gasteiger partial charge in [-0.05, 0) is 31.7 Å². The van der Waals surface area contributed by atoms with Gasteiger partial charge in [-0.25, -0.2) is 0 Å². The molecule has 0 bridgehead atoms. The van der Waals surface area contributed by atoms with E-state index >= 15 is 0 Å². The molecule has 0 saturated carbocycles. The summed E-state index contributed by atoms with van der Waals surface area (Å²) in [5.74, 6) is 0.765. The number of morpholine rings is 1. The summed E-state index contributed by atoms with van der Waals surface area (Å²) in [4.78, 5) is 2.59. The molecule has 0 amide bonds. The van der Waals surface area contributed by atoms with Crippen LogP contribution >= 0.6 is 0 Å². The molecule has 2 N–H and O–H groups in total. The first kappa shape index (κ1) is 12.9. The molecule has 0 aromatic carbocycles. The molecule has 3 heteroatoms. The SMILES string of the molecule is CCC1COCCN1CC(C)CCCN. The van der Waals surface area contributed by atoms with Crippen molar-refractivity contribution in [1.82, 2.24) is 4.90 Å². The second-order valence-electron chi connectivity index (χ2n) is 4.67. The molecule has 15 heavy (non-hydrogen) atoms. The molecule has 1 fully saturated rings. The molecule has 1 rings (SSSR count). The van der Waals surface area contributed by atoms with Crippen molar-refractivity contribution in [3.8, 4) is 0 Å². The predicted molar refractivity (Wildman–Crippen MR) is 63.9 cm³/mol. The quantitative estimate of drug-likeness (QED) is 0.728. The smallest absolute Gasteiger partial charge is 0.0622 e. The highest BCUT2D eigenvalue weighted by molar-refractivity contribution is 4.75. The first-order valence-corrected chi connectivity index (χ1v) is 6.29. The van der Waals surface area contributed by atoms with Gasteiger partial charge in [0.05, 0.1) is 13.2 Å². The summed E-state index contributed by atoms with van der Waals surface area (Å²) in [5.41, 5.74) is 5.53. The van der Waals surface area contributed by atoms with Crippen molar-refractivity contribution in [1.29, 1.82) is 0 Å². The Morgan fingerprint density at radius 1 is 1.53 bits per heavy atom. The van der Waals surface area contributed by atoms with Crippen LogP contribution in [0.25, 0.3) is 0 Å². The second kappa shape index (κ2) is 7.20. The third-order valence-corrected chi connectivity index (χ3v) is 3.27. The van der Waals surface area contributed by atoms with Crippen molar-refractivity contribution >= 4 is 0 Å². The van der Waals surface area contributed by atoms with Crippen LogP contribution in [-0.2, 0) is 4.74 Å². The fraction of sp³-hybridized carbons (Fsp3) is 1.00. The molecule has 0 aromatic heterocycles. The van der Waals surface area contributed by atoms with Crippen molar-refractivity contribution < 1.29 is 4.74 Å². The van der Waals surface area contributed by atoms with Crippen LogP contribution in [0.4, 0.5) is 0 Å². The molecule has 90 valence electrons. The first-order valence-electron chi connectivity index (χ1n) is 6.29. The molecule has 1 heterocycles. The monoisotopic (exact) mass is 214 g/mol. The van der Waals surface area contributed by atoms with Crippen molar-refractivity contribution in [2.45, 2.75) is 39.2 Å². The predicted octanol–water partition coefficient (Wildman–Crippen LogP) is 1.47. The third-order valence-electron chi connectivity index (χ3n) is 3.27. The van der Waals surface area contributed by atoms with Crippen LogP contribution in [-0.4, -0.2) is 43.8 Å². The van der Waals surface area contributed by atoms with Gasteiger partial charge in [-0.2, -0.15) is 0 Å². The number of hydrogen-bond acceptors (Lipinski definition) is 3. The maximum absolute atomic E-state index is 5.53. The summed E-state index contributed by atoms with van der Waals surface area (Å²) >= 11 is 0. The van der Waals surface area contributed by atoms with E-state index in [0.29, 0.717) is 6.04 Å². The summed E-state index contributed by atoms with van der Waals surface area (Å²) in [7, 11) is 0. The number of ether oxygens (including phenoxy) is 1. The van der Waals surface area contributed by atoms with Gasteiger partial charge < -0.3 is 10.5 Å². The summed E-state index contributed by atoms with van der Waals surface area (Å²) in [5, 5.41) is 0. The van der Waals surface area contributed by atoms with Gasteiger partial charge >= 0.3 is 0 Å². The van der Waals surface area contributed by atoms with Gasteiger partial charge in [0, 0.05) is 19.1 Å². The standard InChI is InChI=1S/C12H26N2O/c1-3-12-10-15-8-7-14(12)9-11(2)5-4-6-13/h11-12H,3-10,13H2,1-2H3. The number of nitrogens with zero attached hydrogens (tertiary/aromatic N) is 1. The fourth-order valence-corrected chi connectivity index (χ4v) is 2.26. The summed E-state index contributed by atoms with van der Waals surface area (Å²) in [6.07, 6.45) is 3.61. The Morgan fingerprint density at radius 3 is 3.00 bits per heavy atom. The van der Waals surface area contributed by atoms with E-state index in [4.69, 9.17) is 10.5 Å². The Bertz CT molecular complexity index is 164. The highest BCUT2D eigenvalue weighted by atomic mass is 16.5. The lowest BCUT2D eigenvalue weighted by Crippen LogP contribution is -2.46. The lowest BCUT2D eigenvalue weighted by molar-refractivity contribution is -0.0148. The van der Waals surface area contributed by atoms with Crippen molar-refractivity contribution in [3.63, 3.8) is 0 Å². The zero-order valence-corrected chi connectivity index (χ0v) is 10.2. The first-order chi connectivity index (χ1) is 7.27. The molecule has 0 radical (unpaired) electrons. The molecule has 3 nitrogen and oxygen atoms in total. The van der Waals surface area contributed by atoms with Gasteiger partial charge in [-0.3, -0.25) is 4.90 Å². The zero-order chi connectivity index (χ0) is 11.1. The number of rotatable bonds is 6. The van der Waals surface area contributed by atoms with Crippen molar-refractivity contribution in [2.75, 3.05) is 32.8 Å². The lowest BCUT2D eigenvalue weighted by Gasteiger charge is -2.36. The van der Waals surface area contributed by atoms with Crippen LogP contribution in [0.15, 0.2) is 0 Å². The number of hydrogen-bond donors (Lipinski definition) is 1. The Hall–Kier alpha value is -0.120. The van der Waals surface area contributed by atoms with E-state index in [-0.39, 0.29) is 0 Å². The van der Waals surface area contributed by atoms with Gasteiger partial charge in [-0.1, -0.05) is 13.8 Å². The van der Waals surface area contributed by atoms with Crippen LogP contribution in [0.1, 0.15) is 33.1 Å². The molecular weight excluding hydrogens is 188 g/mol. The minimum atomic E-state index is 0.638. The average Bonchev–Trinajstić information content (AvgIpc) is 2.27. The van der Waals surface area contributed by atoms with E-state index in [1.807, 2.05) is 0 Å². The van der Waals surface area contributed by atoms with Gasteiger partial charge in [0.15, 0.2) is 0 Å². The maximum atomic E-state index is 5.53. The number of nitrogens with two attached hydrogens (primary N) is 1. The Kier molecular flexibility index (Phi) is 6.22.